The predicted molar refractivity (Wildman–Crippen MR) is 178 cm³/mol. The van der Waals surface area contributed by atoms with E-state index in [4.69, 9.17) is 9.47 Å². The fourth-order valence-electron chi connectivity index (χ4n) is 4.60. The molecule has 0 heterocycles. The van der Waals surface area contributed by atoms with Crippen LogP contribution < -0.4 is 20.1 Å². The van der Waals surface area contributed by atoms with Gasteiger partial charge in [0.2, 0.25) is 0 Å². The highest BCUT2D eigenvalue weighted by Gasteiger charge is 2.18. The van der Waals surface area contributed by atoms with Crippen molar-refractivity contribution in [3.63, 3.8) is 0 Å². The highest BCUT2D eigenvalue weighted by molar-refractivity contribution is 5.48. The number of nitrogens with one attached hydrogen (secondary N) is 2. The summed E-state index contributed by atoms with van der Waals surface area (Å²) in [5, 5.41) is 36.3. The van der Waals surface area contributed by atoms with E-state index < -0.39 is 24.2 Å². The number of phenols is 1. The molecular formula is C30H33N9O10. The molecule has 3 rings (SSSR count). The van der Waals surface area contributed by atoms with E-state index >= 15 is 0 Å². The molecule has 19 nitrogen and oxygen atoms in total. The predicted octanol–water partition coefficient (Wildman–Crippen LogP) is 5.55. The Morgan fingerprint density at radius 2 is 1.10 bits per heavy atom. The summed E-state index contributed by atoms with van der Waals surface area (Å²) in [6, 6.07) is 11.6. The molecule has 3 aromatic carbocycles. The van der Waals surface area contributed by atoms with Crippen LogP contribution in [0.5, 0.6) is 17.2 Å². The SMILES string of the molecule is O=NCc1cc(C(CNC[C@H](COc2cccc(OC[C@H](CNCC(N=O)c3ccc(N=O)c(CN=O)c3)N=O)c2)N=O)N=O)ccc1O. The molecule has 4 atom stereocenters. The lowest BCUT2D eigenvalue weighted by Crippen LogP contribution is -2.32. The van der Waals surface area contributed by atoms with Crippen molar-refractivity contribution in [1.29, 1.82) is 0 Å². The van der Waals surface area contributed by atoms with Gasteiger partial charge in [0.05, 0.1) is 0 Å². The van der Waals surface area contributed by atoms with Gasteiger partial charge in [0.25, 0.3) is 0 Å². The van der Waals surface area contributed by atoms with E-state index in [1.165, 1.54) is 36.4 Å². The number of benzene rings is 3. The van der Waals surface area contributed by atoms with Crippen LogP contribution in [0, 0.1) is 34.3 Å². The van der Waals surface area contributed by atoms with Crippen LogP contribution in [0.2, 0.25) is 0 Å². The second-order valence-corrected chi connectivity index (χ2v) is 10.6. The Balaban J connectivity index is 1.45. The maximum Gasteiger partial charge on any atom is 0.138 e. The van der Waals surface area contributed by atoms with Gasteiger partial charge in [-0.15, -0.1) is 4.91 Å². The molecule has 0 radical (unpaired) electrons. The zero-order chi connectivity index (χ0) is 35.4. The Labute approximate surface area is 278 Å². The van der Waals surface area contributed by atoms with Crippen LogP contribution in [0.1, 0.15) is 34.3 Å². The summed E-state index contributed by atoms with van der Waals surface area (Å²) in [7, 11) is 0. The van der Waals surface area contributed by atoms with Crippen molar-refractivity contribution in [3.8, 4) is 17.2 Å². The highest BCUT2D eigenvalue weighted by Crippen LogP contribution is 2.27. The molecule has 0 aliphatic carbocycles. The minimum absolute atomic E-state index is 0.0324. The van der Waals surface area contributed by atoms with E-state index in [1.54, 1.807) is 24.3 Å². The summed E-state index contributed by atoms with van der Waals surface area (Å²) in [4.78, 5) is 77.9. The van der Waals surface area contributed by atoms with Crippen molar-refractivity contribution in [1.82, 2.24) is 10.6 Å². The Bertz CT molecular complexity index is 1600. The monoisotopic (exact) mass is 679 g/mol. The summed E-state index contributed by atoms with van der Waals surface area (Å²) in [6.07, 6.45) is 0. The van der Waals surface area contributed by atoms with Crippen molar-refractivity contribution < 1.29 is 14.6 Å². The summed E-state index contributed by atoms with van der Waals surface area (Å²) in [6.45, 7) is -0.593. The van der Waals surface area contributed by atoms with E-state index in [9.17, 15) is 39.5 Å². The number of ether oxygens (including phenoxy) is 2. The molecular weight excluding hydrogens is 646 g/mol. The normalized spacial score (nSPS) is 13.2. The summed E-state index contributed by atoms with van der Waals surface area (Å²) < 4.78 is 11.4. The summed E-state index contributed by atoms with van der Waals surface area (Å²) >= 11 is 0. The molecule has 0 saturated heterocycles. The third-order valence-electron chi connectivity index (χ3n) is 7.22. The summed E-state index contributed by atoms with van der Waals surface area (Å²) in [5.74, 6) is 0.579. The molecule has 0 aliphatic rings. The lowest BCUT2D eigenvalue weighted by molar-refractivity contribution is 0.270. The zero-order valence-corrected chi connectivity index (χ0v) is 26.0. The molecule has 0 spiro atoms. The van der Waals surface area contributed by atoms with Gasteiger partial charge < -0.3 is 25.2 Å². The van der Waals surface area contributed by atoms with E-state index in [0.29, 0.717) is 22.6 Å². The van der Waals surface area contributed by atoms with Crippen LogP contribution in [0.25, 0.3) is 0 Å². The number of nitrogens with zero attached hydrogens (tertiary/aromatic N) is 7. The molecule has 0 bridgehead atoms. The van der Waals surface area contributed by atoms with Gasteiger partial charge >= 0.3 is 0 Å². The Hall–Kier alpha value is -5.82. The van der Waals surface area contributed by atoms with E-state index in [0.717, 1.165) is 0 Å². The number of hydrogen-bond donors (Lipinski definition) is 3. The smallest absolute Gasteiger partial charge is 0.138 e. The maximum absolute atomic E-state index is 11.5. The zero-order valence-electron chi connectivity index (χ0n) is 26.0. The second kappa shape index (κ2) is 20.4. The van der Waals surface area contributed by atoms with Crippen molar-refractivity contribution in [3.05, 3.63) is 117 Å². The number of phenolic OH excluding ortho intramolecular Hbond substituents is 1. The molecule has 3 N–H and O–H groups in total. The first-order chi connectivity index (χ1) is 23.9. The van der Waals surface area contributed by atoms with Crippen LogP contribution in [0.4, 0.5) is 5.69 Å². The van der Waals surface area contributed by atoms with Crippen LogP contribution in [0.15, 0.2) is 96.9 Å². The number of aromatic hydroxyl groups is 1. The fourth-order valence-corrected chi connectivity index (χ4v) is 4.60. The Kier molecular flexibility index (Phi) is 15.7. The quantitative estimate of drug-likeness (QED) is 0.0931. The van der Waals surface area contributed by atoms with Crippen molar-refractivity contribution in [2.75, 3.05) is 39.4 Å². The van der Waals surface area contributed by atoms with Crippen LogP contribution in [0.3, 0.4) is 0 Å². The second-order valence-electron chi connectivity index (χ2n) is 10.6. The van der Waals surface area contributed by atoms with Gasteiger partial charge in [-0.25, -0.2) is 0 Å². The number of nitroso groups, excluding NO2 is 7. The highest BCUT2D eigenvalue weighted by atomic mass is 16.5. The average Bonchev–Trinajstić information content (AvgIpc) is 3.12. The Morgan fingerprint density at radius 1 is 0.592 bits per heavy atom. The fraction of sp³-hybridized carbons (Fsp3) is 0.400. The molecule has 49 heavy (non-hydrogen) atoms. The van der Waals surface area contributed by atoms with Crippen molar-refractivity contribution in [2.45, 2.75) is 37.3 Å². The van der Waals surface area contributed by atoms with Gasteiger partial charge in [-0.05, 0) is 52.7 Å². The lowest BCUT2D eigenvalue weighted by atomic mass is 10.0. The third kappa shape index (κ3) is 11.7. The van der Waals surface area contributed by atoms with E-state index in [-0.39, 0.29) is 75.0 Å². The first-order valence-electron chi connectivity index (χ1n) is 14.8. The first kappa shape index (κ1) is 37.6. The van der Waals surface area contributed by atoms with Crippen molar-refractivity contribution in [2.24, 2.45) is 36.2 Å². The molecule has 0 aliphatic heterocycles. The molecule has 0 saturated carbocycles. The van der Waals surface area contributed by atoms with Gasteiger partial charge in [0.15, 0.2) is 0 Å². The van der Waals surface area contributed by atoms with Crippen LogP contribution in [-0.2, 0) is 13.1 Å². The van der Waals surface area contributed by atoms with Gasteiger partial charge in [-0.3, -0.25) is 0 Å². The van der Waals surface area contributed by atoms with Gasteiger partial charge in [0.1, 0.15) is 73.4 Å². The lowest BCUT2D eigenvalue weighted by Gasteiger charge is -2.16. The molecule has 258 valence electrons. The van der Waals surface area contributed by atoms with E-state index in [1.807, 2.05) is 0 Å². The number of hydrogen-bond acceptors (Lipinski definition) is 19. The Morgan fingerprint density at radius 3 is 1.59 bits per heavy atom. The largest absolute Gasteiger partial charge is 0.508 e. The number of rotatable bonds is 25. The summed E-state index contributed by atoms with van der Waals surface area (Å²) in [5.41, 5.74) is 1.43. The van der Waals surface area contributed by atoms with Crippen LogP contribution in [-0.4, -0.2) is 56.6 Å². The van der Waals surface area contributed by atoms with Crippen LogP contribution >= 0.6 is 0 Å². The maximum atomic E-state index is 11.5. The molecule has 0 aromatic heterocycles. The van der Waals surface area contributed by atoms with Gasteiger partial charge in [-0.1, -0.05) is 49.3 Å². The third-order valence-corrected chi connectivity index (χ3v) is 7.22. The average molecular weight is 680 g/mol. The van der Waals surface area contributed by atoms with Gasteiger partial charge in [-0.2, -0.15) is 29.4 Å². The first-order valence-corrected chi connectivity index (χ1v) is 14.8. The molecule has 0 fully saturated rings. The molecule has 2 unspecified atom stereocenters. The van der Waals surface area contributed by atoms with Crippen molar-refractivity contribution >= 4 is 5.69 Å². The molecule has 19 heteroatoms. The minimum atomic E-state index is -0.893. The minimum Gasteiger partial charge on any atom is -0.508 e. The van der Waals surface area contributed by atoms with E-state index in [2.05, 4.69) is 46.9 Å². The molecule has 0 amide bonds. The topological polar surface area (TPSA) is 269 Å². The molecule has 3 aromatic rings. The van der Waals surface area contributed by atoms with Gasteiger partial charge in [0, 0.05) is 43.4 Å². The standard InChI is InChI=1S/C30H33N9O10/c40-30-7-5-20(9-22(30)12-34-42)29(39-47)16-32-14-24(36-44)18-49-26-3-1-2-25(10-26)48-17-23(35-43)13-31-15-28(38-46)19-4-6-27(37-45)21(8-19)11-33-41/h1-10,23-24,28-29,31-32,40H,11-18H2/t23-,24+,28?,29?/m0/s1.